The van der Waals surface area contributed by atoms with Crippen LogP contribution in [-0.4, -0.2) is 12.1 Å². The van der Waals surface area contributed by atoms with Crippen LogP contribution in [0.2, 0.25) is 0 Å². The first kappa shape index (κ1) is 11.2. The van der Waals surface area contributed by atoms with Crippen LogP contribution >= 0.6 is 12.4 Å². The largest absolute Gasteiger partial charge is 0.495 e. The van der Waals surface area contributed by atoms with Gasteiger partial charge in [0.15, 0.2) is 0 Å². The predicted octanol–water partition coefficient (Wildman–Crippen LogP) is 1.53. The van der Waals surface area contributed by atoms with E-state index in [1.54, 1.807) is 13.3 Å². The number of aromatic nitrogens is 1. The minimum Gasteiger partial charge on any atom is -0.495 e. The molecule has 3 nitrogen and oxygen atoms in total. The van der Waals surface area contributed by atoms with E-state index in [0.717, 1.165) is 11.4 Å². The molecule has 0 radical (unpaired) electrons. The lowest BCUT2D eigenvalue weighted by Crippen LogP contribution is -2.08. The topological polar surface area (TPSA) is 48.1 Å². The zero-order chi connectivity index (χ0) is 8.27. The summed E-state index contributed by atoms with van der Waals surface area (Å²) in [5.74, 6) is 0.752. The van der Waals surface area contributed by atoms with Gasteiger partial charge in [0, 0.05) is 12.2 Å². The van der Waals surface area contributed by atoms with Gasteiger partial charge in [-0.3, -0.25) is 4.98 Å². The molecule has 0 saturated heterocycles. The van der Waals surface area contributed by atoms with Gasteiger partial charge in [0.2, 0.25) is 0 Å². The van der Waals surface area contributed by atoms with E-state index in [4.69, 9.17) is 10.5 Å². The third-order valence-corrected chi connectivity index (χ3v) is 1.45. The third-order valence-electron chi connectivity index (χ3n) is 1.45. The average Bonchev–Trinajstić information content (AvgIpc) is 2.04. The zero-order valence-electron chi connectivity index (χ0n) is 7.15. The average molecular weight is 189 g/mol. The smallest absolute Gasteiger partial charge is 0.141 e. The molecule has 0 amide bonds. The number of hydrogen-bond donors (Lipinski definition) is 1. The molecule has 0 aliphatic carbocycles. The number of nitrogens with two attached hydrogens (primary N) is 1. The van der Waals surface area contributed by atoms with Crippen molar-refractivity contribution in [3.63, 3.8) is 0 Å². The molecule has 0 aliphatic rings. The number of halogens is 1. The van der Waals surface area contributed by atoms with E-state index in [1.165, 1.54) is 0 Å². The van der Waals surface area contributed by atoms with Gasteiger partial charge in [0.1, 0.15) is 5.75 Å². The van der Waals surface area contributed by atoms with E-state index in [9.17, 15) is 0 Å². The Morgan fingerprint density at radius 3 is 2.67 bits per heavy atom. The molecule has 2 N–H and O–H groups in total. The van der Waals surface area contributed by atoms with Gasteiger partial charge in [-0.05, 0) is 19.1 Å². The van der Waals surface area contributed by atoms with E-state index < -0.39 is 0 Å². The van der Waals surface area contributed by atoms with Gasteiger partial charge >= 0.3 is 0 Å². The SMILES string of the molecule is COc1cccnc1[C@H](C)N.Cl. The second-order valence-corrected chi connectivity index (χ2v) is 2.38. The van der Waals surface area contributed by atoms with Crippen molar-refractivity contribution >= 4 is 12.4 Å². The molecular weight excluding hydrogens is 176 g/mol. The van der Waals surface area contributed by atoms with Gasteiger partial charge in [0.05, 0.1) is 12.8 Å². The summed E-state index contributed by atoms with van der Waals surface area (Å²) in [4.78, 5) is 4.10. The van der Waals surface area contributed by atoms with Crippen molar-refractivity contribution in [3.8, 4) is 5.75 Å². The fourth-order valence-corrected chi connectivity index (χ4v) is 0.917. The van der Waals surface area contributed by atoms with Crippen LogP contribution in [0.1, 0.15) is 18.7 Å². The minimum absolute atomic E-state index is 0. The van der Waals surface area contributed by atoms with Crippen LogP contribution in [0, 0.1) is 0 Å². The molecule has 0 spiro atoms. The summed E-state index contributed by atoms with van der Waals surface area (Å²) in [5, 5.41) is 0. The highest BCUT2D eigenvalue weighted by Gasteiger charge is 2.06. The van der Waals surface area contributed by atoms with Crippen molar-refractivity contribution in [1.82, 2.24) is 4.98 Å². The van der Waals surface area contributed by atoms with Crippen LogP contribution < -0.4 is 10.5 Å². The quantitative estimate of drug-likeness (QED) is 0.766. The maximum Gasteiger partial charge on any atom is 0.141 e. The Labute approximate surface area is 78.4 Å². The molecule has 0 unspecified atom stereocenters. The van der Waals surface area contributed by atoms with Crippen molar-refractivity contribution in [3.05, 3.63) is 24.0 Å². The number of nitrogens with zero attached hydrogens (tertiary/aromatic N) is 1. The molecule has 12 heavy (non-hydrogen) atoms. The first-order valence-corrected chi connectivity index (χ1v) is 3.50. The molecule has 0 aromatic carbocycles. The molecule has 1 rings (SSSR count). The lowest BCUT2D eigenvalue weighted by atomic mass is 10.2. The first-order valence-electron chi connectivity index (χ1n) is 3.50. The maximum atomic E-state index is 5.65. The van der Waals surface area contributed by atoms with E-state index in [2.05, 4.69) is 4.98 Å². The number of rotatable bonds is 2. The molecule has 4 heteroatoms. The predicted molar refractivity (Wildman–Crippen MR) is 50.6 cm³/mol. The Balaban J connectivity index is 0.00000121. The molecule has 0 saturated carbocycles. The Bertz CT molecular complexity index is 240. The number of ether oxygens (including phenoxy) is 1. The summed E-state index contributed by atoms with van der Waals surface area (Å²) in [5.41, 5.74) is 6.45. The van der Waals surface area contributed by atoms with Gasteiger partial charge in [-0.2, -0.15) is 0 Å². The van der Waals surface area contributed by atoms with Gasteiger partial charge in [-0.1, -0.05) is 0 Å². The molecule has 0 aliphatic heterocycles. The molecule has 0 bridgehead atoms. The fraction of sp³-hybridized carbons (Fsp3) is 0.375. The summed E-state index contributed by atoms with van der Waals surface area (Å²) in [6.45, 7) is 1.88. The lowest BCUT2D eigenvalue weighted by Gasteiger charge is -2.08. The van der Waals surface area contributed by atoms with E-state index >= 15 is 0 Å². The Morgan fingerprint density at radius 2 is 2.25 bits per heavy atom. The van der Waals surface area contributed by atoms with Crippen LogP contribution in [0.15, 0.2) is 18.3 Å². The number of methoxy groups -OCH3 is 1. The standard InChI is InChI=1S/C8H12N2O.ClH/c1-6(9)8-7(11-2)4-3-5-10-8;/h3-6H,9H2,1-2H3;1H/t6-;/m0./s1. The second kappa shape index (κ2) is 4.95. The molecule has 1 aromatic heterocycles. The van der Waals surface area contributed by atoms with Crippen LogP contribution in [0.25, 0.3) is 0 Å². The minimum atomic E-state index is -0.0776. The van der Waals surface area contributed by atoms with Gasteiger partial charge < -0.3 is 10.5 Å². The normalized spacial score (nSPS) is 11.6. The summed E-state index contributed by atoms with van der Waals surface area (Å²) < 4.78 is 5.06. The summed E-state index contributed by atoms with van der Waals surface area (Å²) in [6.07, 6.45) is 1.71. The number of pyridine rings is 1. The van der Waals surface area contributed by atoms with Gasteiger partial charge in [0.25, 0.3) is 0 Å². The highest BCUT2D eigenvalue weighted by atomic mass is 35.5. The van der Waals surface area contributed by atoms with Crippen molar-refractivity contribution in [2.45, 2.75) is 13.0 Å². The number of hydrogen-bond acceptors (Lipinski definition) is 3. The van der Waals surface area contributed by atoms with E-state index in [1.807, 2.05) is 19.1 Å². The Hall–Kier alpha value is -0.800. The summed E-state index contributed by atoms with van der Waals surface area (Å²) in [7, 11) is 1.61. The lowest BCUT2D eigenvalue weighted by molar-refractivity contribution is 0.403. The second-order valence-electron chi connectivity index (χ2n) is 2.38. The van der Waals surface area contributed by atoms with Crippen LogP contribution in [0.5, 0.6) is 5.75 Å². The maximum absolute atomic E-state index is 5.65. The van der Waals surface area contributed by atoms with Crippen LogP contribution in [-0.2, 0) is 0 Å². The monoisotopic (exact) mass is 188 g/mol. The fourth-order valence-electron chi connectivity index (χ4n) is 0.917. The van der Waals surface area contributed by atoms with Crippen molar-refractivity contribution < 1.29 is 4.74 Å². The van der Waals surface area contributed by atoms with E-state index in [0.29, 0.717) is 0 Å². The van der Waals surface area contributed by atoms with Crippen LogP contribution in [0.4, 0.5) is 0 Å². The van der Waals surface area contributed by atoms with Crippen LogP contribution in [0.3, 0.4) is 0 Å². The molecular formula is C8H13ClN2O. The third kappa shape index (κ3) is 2.36. The van der Waals surface area contributed by atoms with Gasteiger partial charge in [-0.25, -0.2) is 0 Å². The highest BCUT2D eigenvalue weighted by Crippen LogP contribution is 2.19. The van der Waals surface area contributed by atoms with Gasteiger partial charge in [-0.15, -0.1) is 12.4 Å². The molecule has 1 heterocycles. The molecule has 68 valence electrons. The molecule has 0 fully saturated rings. The van der Waals surface area contributed by atoms with E-state index in [-0.39, 0.29) is 18.4 Å². The summed E-state index contributed by atoms with van der Waals surface area (Å²) in [6, 6.07) is 3.60. The van der Waals surface area contributed by atoms with Crippen molar-refractivity contribution in [1.29, 1.82) is 0 Å². The van der Waals surface area contributed by atoms with Crippen molar-refractivity contribution in [2.75, 3.05) is 7.11 Å². The first-order chi connectivity index (χ1) is 5.25. The van der Waals surface area contributed by atoms with Crippen molar-refractivity contribution in [2.24, 2.45) is 5.73 Å². The molecule has 1 atom stereocenters. The highest BCUT2D eigenvalue weighted by molar-refractivity contribution is 5.85. The molecule has 1 aromatic rings. The zero-order valence-corrected chi connectivity index (χ0v) is 7.97. The summed E-state index contributed by atoms with van der Waals surface area (Å²) >= 11 is 0. The Morgan fingerprint density at radius 1 is 1.58 bits per heavy atom. The Kier molecular flexibility index (Phi) is 4.62.